The number of methoxy groups -OCH3 is 1. The Morgan fingerprint density at radius 1 is 1.29 bits per heavy atom. The van der Waals surface area contributed by atoms with E-state index in [-0.39, 0.29) is 6.61 Å². The van der Waals surface area contributed by atoms with Crippen LogP contribution in [-0.4, -0.2) is 28.2 Å². The molecule has 0 atom stereocenters. The molecule has 2 aromatic rings. The Hall–Kier alpha value is -2.89. The van der Waals surface area contributed by atoms with Crippen LogP contribution in [-0.2, 0) is 11.4 Å². The Morgan fingerprint density at radius 2 is 2.05 bits per heavy atom. The first-order valence-corrected chi connectivity index (χ1v) is 6.17. The van der Waals surface area contributed by atoms with Gasteiger partial charge in [-0.3, -0.25) is 0 Å². The first-order valence-electron chi connectivity index (χ1n) is 6.17. The molecule has 0 aliphatic heterocycles. The molecule has 1 N–H and O–H groups in total. The predicted octanol–water partition coefficient (Wildman–Crippen LogP) is 2.16. The zero-order valence-electron chi connectivity index (χ0n) is 11.4. The zero-order valence-corrected chi connectivity index (χ0v) is 11.4. The summed E-state index contributed by atoms with van der Waals surface area (Å²) in [6.45, 7) is 0.198. The van der Waals surface area contributed by atoms with Crippen molar-refractivity contribution in [3.63, 3.8) is 0 Å². The van der Waals surface area contributed by atoms with Gasteiger partial charge in [-0.15, -0.1) is 0 Å². The summed E-state index contributed by atoms with van der Waals surface area (Å²) in [6, 6.07) is 6.87. The van der Waals surface area contributed by atoms with Crippen LogP contribution in [0.3, 0.4) is 0 Å². The van der Waals surface area contributed by atoms with Crippen molar-refractivity contribution in [1.29, 1.82) is 0 Å². The second-order valence-corrected chi connectivity index (χ2v) is 4.04. The Balaban J connectivity index is 2.16. The van der Waals surface area contributed by atoms with Gasteiger partial charge in [0.05, 0.1) is 7.11 Å². The molecule has 0 fully saturated rings. The lowest BCUT2D eigenvalue weighted by Gasteiger charge is -2.10. The van der Waals surface area contributed by atoms with Crippen LogP contribution in [0.1, 0.15) is 11.4 Å². The molecule has 1 aromatic heterocycles. The van der Waals surface area contributed by atoms with Crippen LogP contribution in [0.15, 0.2) is 42.7 Å². The van der Waals surface area contributed by atoms with Crippen LogP contribution < -0.4 is 9.47 Å². The third-order valence-corrected chi connectivity index (χ3v) is 2.58. The maximum Gasteiger partial charge on any atom is 0.328 e. The molecular formula is C15H14N2O4. The standard InChI is InChI=1S/C15H14N2O4/c1-20-12-5-3-11(4-6-15(18)19)9-13(12)21-10-14-16-7-2-8-17-14/h2-9H,10H2,1H3,(H,18,19). The van der Waals surface area contributed by atoms with E-state index in [0.29, 0.717) is 22.9 Å². The molecule has 0 aliphatic carbocycles. The van der Waals surface area contributed by atoms with Gasteiger partial charge in [-0.2, -0.15) is 0 Å². The third kappa shape index (κ3) is 4.31. The summed E-state index contributed by atoms with van der Waals surface area (Å²) >= 11 is 0. The van der Waals surface area contributed by atoms with Gasteiger partial charge in [-0.25, -0.2) is 14.8 Å². The van der Waals surface area contributed by atoms with Crippen molar-refractivity contribution in [2.24, 2.45) is 0 Å². The molecule has 0 unspecified atom stereocenters. The Morgan fingerprint density at radius 3 is 2.71 bits per heavy atom. The van der Waals surface area contributed by atoms with E-state index in [4.69, 9.17) is 14.6 Å². The summed E-state index contributed by atoms with van der Waals surface area (Å²) in [5.74, 6) is 0.591. The van der Waals surface area contributed by atoms with Gasteiger partial charge in [0.15, 0.2) is 17.3 Å². The number of aliphatic carboxylic acids is 1. The number of hydrogen-bond donors (Lipinski definition) is 1. The fourth-order valence-electron chi connectivity index (χ4n) is 1.62. The van der Waals surface area contributed by atoms with E-state index >= 15 is 0 Å². The molecule has 0 spiro atoms. The highest BCUT2D eigenvalue weighted by Gasteiger charge is 2.06. The van der Waals surface area contributed by atoms with Crippen molar-refractivity contribution in [2.75, 3.05) is 7.11 Å². The molecule has 0 aliphatic rings. The molecule has 108 valence electrons. The van der Waals surface area contributed by atoms with Crippen LogP contribution in [0, 0.1) is 0 Å². The molecule has 0 bridgehead atoms. The number of nitrogens with zero attached hydrogens (tertiary/aromatic N) is 2. The number of carboxylic acid groups (broad SMARTS) is 1. The van der Waals surface area contributed by atoms with Crippen LogP contribution >= 0.6 is 0 Å². The molecule has 2 rings (SSSR count). The van der Waals surface area contributed by atoms with E-state index in [0.717, 1.165) is 6.08 Å². The quantitative estimate of drug-likeness (QED) is 0.819. The molecule has 0 saturated heterocycles. The van der Waals surface area contributed by atoms with Crippen molar-refractivity contribution in [1.82, 2.24) is 9.97 Å². The van der Waals surface area contributed by atoms with E-state index in [1.807, 2.05) is 0 Å². The normalized spacial score (nSPS) is 10.5. The molecule has 0 radical (unpaired) electrons. The monoisotopic (exact) mass is 286 g/mol. The van der Waals surface area contributed by atoms with Gasteiger partial charge < -0.3 is 14.6 Å². The molecule has 6 nitrogen and oxygen atoms in total. The third-order valence-electron chi connectivity index (χ3n) is 2.58. The van der Waals surface area contributed by atoms with Crippen LogP contribution in [0.5, 0.6) is 11.5 Å². The summed E-state index contributed by atoms with van der Waals surface area (Å²) in [5.41, 5.74) is 0.696. The number of ether oxygens (including phenoxy) is 2. The van der Waals surface area contributed by atoms with Crippen LogP contribution in [0.2, 0.25) is 0 Å². The van der Waals surface area contributed by atoms with Gasteiger partial charge in [0.1, 0.15) is 6.61 Å². The van der Waals surface area contributed by atoms with Crippen molar-refractivity contribution in [3.05, 3.63) is 54.1 Å². The minimum Gasteiger partial charge on any atom is -0.493 e. The van der Waals surface area contributed by atoms with Crippen LogP contribution in [0.25, 0.3) is 6.08 Å². The van der Waals surface area contributed by atoms with Crippen molar-refractivity contribution in [3.8, 4) is 11.5 Å². The molecule has 6 heteroatoms. The Kier molecular flexibility index (Phi) is 4.87. The SMILES string of the molecule is COc1ccc(C=CC(=O)O)cc1OCc1ncccn1. The summed E-state index contributed by atoms with van der Waals surface area (Å²) < 4.78 is 10.8. The molecule has 0 amide bonds. The van der Waals surface area contributed by atoms with E-state index in [1.165, 1.54) is 13.2 Å². The van der Waals surface area contributed by atoms with E-state index in [2.05, 4.69) is 9.97 Å². The van der Waals surface area contributed by atoms with Crippen molar-refractivity contribution >= 4 is 12.0 Å². The number of rotatable bonds is 6. The summed E-state index contributed by atoms with van der Waals surface area (Å²) in [4.78, 5) is 18.7. The first kappa shape index (κ1) is 14.5. The van der Waals surface area contributed by atoms with E-state index in [1.54, 1.807) is 36.7 Å². The zero-order chi connectivity index (χ0) is 15.1. The fourth-order valence-corrected chi connectivity index (χ4v) is 1.62. The average Bonchev–Trinajstić information content (AvgIpc) is 2.52. The number of aromatic nitrogens is 2. The van der Waals surface area contributed by atoms with Gasteiger partial charge in [-0.05, 0) is 29.8 Å². The number of carbonyl (C=O) groups is 1. The largest absolute Gasteiger partial charge is 0.493 e. The fraction of sp³-hybridized carbons (Fsp3) is 0.133. The molecular weight excluding hydrogens is 272 g/mol. The smallest absolute Gasteiger partial charge is 0.328 e. The molecule has 1 aromatic carbocycles. The lowest BCUT2D eigenvalue weighted by molar-refractivity contribution is -0.131. The number of benzene rings is 1. The highest BCUT2D eigenvalue weighted by Crippen LogP contribution is 2.29. The minimum absolute atomic E-state index is 0.198. The molecule has 0 saturated carbocycles. The molecule has 1 heterocycles. The lowest BCUT2D eigenvalue weighted by atomic mass is 10.2. The topological polar surface area (TPSA) is 81.5 Å². The van der Waals surface area contributed by atoms with Crippen LogP contribution in [0.4, 0.5) is 0 Å². The lowest BCUT2D eigenvalue weighted by Crippen LogP contribution is -2.01. The van der Waals surface area contributed by atoms with E-state index in [9.17, 15) is 4.79 Å². The van der Waals surface area contributed by atoms with Gasteiger partial charge in [-0.1, -0.05) is 6.07 Å². The predicted molar refractivity (Wildman–Crippen MR) is 76.0 cm³/mol. The van der Waals surface area contributed by atoms with Gasteiger partial charge in [0, 0.05) is 18.5 Å². The second-order valence-electron chi connectivity index (χ2n) is 4.04. The maximum absolute atomic E-state index is 10.5. The van der Waals surface area contributed by atoms with Gasteiger partial charge in [0.25, 0.3) is 0 Å². The van der Waals surface area contributed by atoms with Gasteiger partial charge in [0.2, 0.25) is 0 Å². The number of carboxylic acids is 1. The highest BCUT2D eigenvalue weighted by atomic mass is 16.5. The Bertz CT molecular complexity index is 641. The summed E-state index contributed by atoms with van der Waals surface area (Å²) in [6.07, 6.45) is 5.81. The highest BCUT2D eigenvalue weighted by molar-refractivity contribution is 5.85. The summed E-state index contributed by atoms with van der Waals surface area (Å²) in [7, 11) is 1.54. The number of hydrogen-bond acceptors (Lipinski definition) is 5. The average molecular weight is 286 g/mol. The maximum atomic E-state index is 10.5. The minimum atomic E-state index is -1.01. The van der Waals surface area contributed by atoms with Crippen molar-refractivity contribution in [2.45, 2.75) is 6.61 Å². The second kappa shape index (κ2) is 7.04. The van der Waals surface area contributed by atoms with Crippen molar-refractivity contribution < 1.29 is 19.4 Å². The molecule has 21 heavy (non-hydrogen) atoms. The Labute approximate surface area is 121 Å². The van der Waals surface area contributed by atoms with Gasteiger partial charge >= 0.3 is 5.97 Å². The first-order chi connectivity index (χ1) is 10.2. The summed E-state index contributed by atoms with van der Waals surface area (Å²) in [5, 5.41) is 8.64. The van der Waals surface area contributed by atoms with E-state index < -0.39 is 5.97 Å².